The Morgan fingerprint density at radius 2 is 2.31 bits per heavy atom. The third-order valence-corrected chi connectivity index (χ3v) is 2.70. The fraction of sp³-hybridized carbons (Fsp3) is 0.889. The van der Waals surface area contributed by atoms with Gasteiger partial charge < -0.3 is 15.1 Å². The lowest BCUT2D eigenvalue weighted by molar-refractivity contribution is -0.147. The van der Waals surface area contributed by atoms with E-state index in [1.165, 1.54) is 6.42 Å². The van der Waals surface area contributed by atoms with Crippen molar-refractivity contribution in [2.75, 3.05) is 13.6 Å². The molecule has 4 heteroatoms. The molecule has 1 aliphatic rings. The normalized spacial score (nSPS) is 27.1. The van der Waals surface area contributed by atoms with Crippen molar-refractivity contribution in [2.45, 2.75) is 37.8 Å². The Balaban J connectivity index is 2.37. The van der Waals surface area contributed by atoms with E-state index in [0.717, 1.165) is 19.4 Å². The highest BCUT2D eigenvalue weighted by atomic mass is 16.4. The van der Waals surface area contributed by atoms with Crippen molar-refractivity contribution in [1.29, 1.82) is 0 Å². The van der Waals surface area contributed by atoms with Gasteiger partial charge in [-0.15, -0.1) is 0 Å². The number of aliphatic hydroxyl groups excluding tert-OH is 1. The van der Waals surface area contributed by atoms with Gasteiger partial charge in [-0.05, 0) is 32.9 Å². The van der Waals surface area contributed by atoms with Crippen molar-refractivity contribution in [3.8, 4) is 0 Å². The third-order valence-electron chi connectivity index (χ3n) is 2.70. The molecule has 0 saturated carbocycles. The number of hydrogen-bond donors (Lipinski definition) is 2. The lowest BCUT2D eigenvalue weighted by Gasteiger charge is -2.32. The molecule has 0 bridgehead atoms. The van der Waals surface area contributed by atoms with Gasteiger partial charge in [-0.25, -0.2) is 4.79 Å². The first-order chi connectivity index (χ1) is 6.11. The highest BCUT2D eigenvalue weighted by Gasteiger charge is 2.24. The van der Waals surface area contributed by atoms with E-state index < -0.39 is 12.1 Å². The van der Waals surface area contributed by atoms with Gasteiger partial charge in [0, 0.05) is 6.04 Å². The van der Waals surface area contributed by atoms with E-state index in [1.807, 2.05) is 7.05 Å². The van der Waals surface area contributed by atoms with Gasteiger partial charge in [0.05, 0.1) is 0 Å². The number of carboxylic acid groups (broad SMARTS) is 1. The van der Waals surface area contributed by atoms with Gasteiger partial charge in [-0.3, -0.25) is 0 Å². The van der Waals surface area contributed by atoms with E-state index >= 15 is 0 Å². The van der Waals surface area contributed by atoms with Crippen LogP contribution in [0.2, 0.25) is 0 Å². The molecule has 0 aromatic rings. The van der Waals surface area contributed by atoms with E-state index in [0.29, 0.717) is 6.42 Å². The quantitative estimate of drug-likeness (QED) is 0.667. The Morgan fingerprint density at radius 1 is 1.62 bits per heavy atom. The number of rotatable bonds is 3. The van der Waals surface area contributed by atoms with Crippen LogP contribution in [0, 0.1) is 0 Å². The molecular formula is C9H17NO3. The maximum Gasteiger partial charge on any atom is 0.332 e. The average Bonchev–Trinajstić information content (AvgIpc) is 2.08. The van der Waals surface area contributed by atoms with E-state index in [4.69, 9.17) is 5.11 Å². The predicted octanol–water partition coefficient (Wildman–Crippen LogP) is 0.306. The fourth-order valence-corrected chi connectivity index (χ4v) is 1.80. The molecule has 0 spiro atoms. The van der Waals surface area contributed by atoms with Crippen LogP contribution in [0.5, 0.6) is 0 Å². The molecule has 0 aliphatic carbocycles. The van der Waals surface area contributed by atoms with Crippen molar-refractivity contribution in [3.63, 3.8) is 0 Å². The van der Waals surface area contributed by atoms with Crippen molar-refractivity contribution < 1.29 is 15.0 Å². The van der Waals surface area contributed by atoms with Gasteiger partial charge in [0.25, 0.3) is 0 Å². The van der Waals surface area contributed by atoms with Gasteiger partial charge in [-0.2, -0.15) is 0 Å². The third kappa shape index (κ3) is 2.97. The molecule has 1 heterocycles. The number of carbonyl (C=O) groups is 1. The second-order valence-electron chi connectivity index (χ2n) is 3.72. The molecule has 1 aliphatic heterocycles. The monoisotopic (exact) mass is 187 g/mol. The topological polar surface area (TPSA) is 60.8 Å². The number of carboxylic acids is 1. The van der Waals surface area contributed by atoms with Gasteiger partial charge >= 0.3 is 5.97 Å². The summed E-state index contributed by atoms with van der Waals surface area (Å²) in [4.78, 5) is 12.5. The van der Waals surface area contributed by atoms with Crippen LogP contribution in [-0.2, 0) is 4.79 Å². The van der Waals surface area contributed by atoms with Crippen molar-refractivity contribution in [2.24, 2.45) is 0 Å². The molecule has 0 amide bonds. The zero-order valence-corrected chi connectivity index (χ0v) is 7.94. The zero-order chi connectivity index (χ0) is 9.84. The molecule has 0 aromatic heterocycles. The van der Waals surface area contributed by atoms with Gasteiger partial charge in [-0.1, -0.05) is 6.42 Å². The lowest BCUT2D eigenvalue weighted by atomic mass is 9.97. The van der Waals surface area contributed by atoms with Crippen LogP contribution in [0.15, 0.2) is 0 Å². The summed E-state index contributed by atoms with van der Waals surface area (Å²) in [5.74, 6) is -1.11. The highest BCUT2D eigenvalue weighted by molar-refractivity contribution is 5.71. The Kier molecular flexibility index (Phi) is 3.69. The molecule has 4 nitrogen and oxygen atoms in total. The van der Waals surface area contributed by atoms with Crippen molar-refractivity contribution in [1.82, 2.24) is 4.90 Å². The van der Waals surface area contributed by atoms with Crippen LogP contribution in [0.4, 0.5) is 0 Å². The van der Waals surface area contributed by atoms with Crippen LogP contribution >= 0.6 is 0 Å². The minimum atomic E-state index is -1.20. The SMILES string of the molecule is CN1CCCCC1CC(O)C(=O)O. The highest BCUT2D eigenvalue weighted by Crippen LogP contribution is 2.18. The summed E-state index contributed by atoms with van der Waals surface area (Å²) < 4.78 is 0. The number of hydrogen-bond acceptors (Lipinski definition) is 3. The zero-order valence-electron chi connectivity index (χ0n) is 7.94. The van der Waals surface area contributed by atoms with Crippen molar-refractivity contribution >= 4 is 5.97 Å². The summed E-state index contributed by atoms with van der Waals surface area (Å²) >= 11 is 0. The maximum absolute atomic E-state index is 10.4. The number of nitrogens with zero attached hydrogens (tertiary/aromatic N) is 1. The molecule has 1 saturated heterocycles. The minimum Gasteiger partial charge on any atom is -0.479 e. The van der Waals surface area contributed by atoms with Crippen LogP contribution in [0.3, 0.4) is 0 Å². The van der Waals surface area contributed by atoms with Crippen LogP contribution < -0.4 is 0 Å². The van der Waals surface area contributed by atoms with Crippen LogP contribution in [0.1, 0.15) is 25.7 Å². The first-order valence-electron chi connectivity index (χ1n) is 4.72. The fourth-order valence-electron chi connectivity index (χ4n) is 1.80. The van der Waals surface area contributed by atoms with Crippen LogP contribution in [-0.4, -0.2) is 46.8 Å². The smallest absolute Gasteiger partial charge is 0.332 e. The van der Waals surface area contributed by atoms with Gasteiger partial charge in [0.1, 0.15) is 0 Å². The predicted molar refractivity (Wildman–Crippen MR) is 48.5 cm³/mol. The van der Waals surface area contributed by atoms with E-state index in [1.54, 1.807) is 0 Å². The minimum absolute atomic E-state index is 0.236. The number of likely N-dealkylation sites (tertiary alicyclic amines) is 1. The second-order valence-corrected chi connectivity index (χ2v) is 3.72. The lowest BCUT2D eigenvalue weighted by Crippen LogP contribution is -2.40. The Labute approximate surface area is 78.2 Å². The van der Waals surface area contributed by atoms with Gasteiger partial charge in [0.15, 0.2) is 6.10 Å². The maximum atomic E-state index is 10.4. The molecular weight excluding hydrogens is 170 g/mol. The summed E-state index contributed by atoms with van der Waals surface area (Å²) in [6.45, 7) is 1.01. The molecule has 0 radical (unpaired) electrons. The van der Waals surface area contributed by atoms with Gasteiger partial charge in [0.2, 0.25) is 0 Å². The molecule has 76 valence electrons. The Morgan fingerprint density at radius 3 is 2.85 bits per heavy atom. The molecule has 2 unspecified atom stereocenters. The number of aliphatic carboxylic acids is 1. The van der Waals surface area contributed by atoms with E-state index in [9.17, 15) is 9.90 Å². The number of piperidine rings is 1. The summed E-state index contributed by atoms with van der Waals surface area (Å²) in [5, 5.41) is 17.7. The average molecular weight is 187 g/mol. The summed E-state index contributed by atoms with van der Waals surface area (Å²) in [5.41, 5.74) is 0. The Bertz CT molecular complexity index is 184. The first kappa shape index (κ1) is 10.5. The second kappa shape index (κ2) is 4.58. The summed E-state index contributed by atoms with van der Waals surface area (Å²) in [6, 6.07) is 0.236. The van der Waals surface area contributed by atoms with E-state index in [2.05, 4.69) is 4.90 Å². The molecule has 1 rings (SSSR count). The van der Waals surface area contributed by atoms with Crippen LogP contribution in [0.25, 0.3) is 0 Å². The summed E-state index contributed by atoms with van der Waals surface area (Å²) in [7, 11) is 1.98. The molecule has 2 atom stereocenters. The standard InChI is InChI=1S/C9H17NO3/c1-10-5-3-2-4-7(10)6-8(11)9(12)13/h7-8,11H,2-6H2,1H3,(H,12,13). The molecule has 0 aromatic carbocycles. The summed E-state index contributed by atoms with van der Waals surface area (Å²) in [6.07, 6.45) is 2.47. The number of aliphatic hydroxyl groups is 1. The molecule has 13 heavy (non-hydrogen) atoms. The molecule has 2 N–H and O–H groups in total. The van der Waals surface area contributed by atoms with E-state index in [-0.39, 0.29) is 6.04 Å². The Hall–Kier alpha value is -0.610. The first-order valence-corrected chi connectivity index (χ1v) is 4.72. The molecule has 1 fully saturated rings. The van der Waals surface area contributed by atoms with Crippen molar-refractivity contribution in [3.05, 3.63) is 0 Å². The largest absolute Gasteiger partial charge is 0.479 e.